The lowest BCUT2D eigenvalue weighted by atomic mass is 9.80. The highest BCUT2D eigenvalue weighted by Gasteiger charge is 2.35. The molecule has 0 amide bonds. The maximum atomic E-state index is 12.7. The summed E-state index contributed by atoms with van der Waals surface area (Å²) >= 11 is 0. The van der Waals surface area contributed by atoms with Gasteiger partial charge in [0.15, 0.2) is 0 Å². The van der Waals surface area contributed by atoms with Crippen LogP contribution in [-0.4, -0.2) is 45.2 Å². The predicted octanol–water partition coefficient (Wildman–Crippen LogP) is 2.44. The van der Waals surface area contributed by atoms with Crippen LogP contribution in [0.2, 0.25) is 0 Å². The second-order valence-corrected chi connectivity index (χ2v) is 8.17. The molecular formula is C24H27N3O4. The van der Waals surface area contributed by atoms with Crippen LogP contribution >= 0.6 is 0 Å². The number of benzene rings is 2. The Labute approximate surface area is 180 Å². The second kappa shape index (κ2) is 8.89. The molecule has 2 atom stereocenters. The molecule has 1 fully saturated rings. The van der Waals surface area contributed by atoms with Crippen molar-refractivity contribution in [2.24, 2.45) is 5.92 Å². The number of carboxylic acid groups (broad SMARTS) is 1. The first-order chi connectivity index (χ1) is 15.0. The SMILES string of the molecule is CCc1ccc(C2CCN(CCn3c(=O)[nH]c4ccccc4c3=O)CC2C(=O)O)cc1. The summed E-state index contributed by atoms with van der Waals surface area (Å²) in [4.78, 5) is 41.9. The summed E-state index contributed by atoms with van der Waals surface area (Å²) in [5, 5.41) is 10.3. The average molecular weight is 421 g/mol. The van der Waals surface area contributed by atoms with E-state index in [1.165, 1.54) is 10.1 Å². The fourth-order valence-corrected chi connectivity index (χ4v) is 4.52. The van der Waals surface area contributed by atoms with E-state index in [-0.39, 0.29) is 18.0 Å². The molecule has 1 aromatic heterocycles. The van der Waals surface area contributed by atoms with Gasteiger partial charge in [-0.1, -0.05) is 43.3 Å². The monoisotopic (exact) mass is 421 g/mol. The summed E-state index contributed by atoms with van der Waals surface area (Å²) in [6.07, 6.45) is 1.68. The van der Waals surface area contributed by atoms with Crippen molar-refractivity contribution in [1.82, 2.24) is 14.5 Å². The lowest BCUT2D eigenvalue weighted by Gasteiger charge is -2.36. The first-order valence-corrected chi connectivity index (χ1v) is 10.7. The molecule has 7 nitrogen and oxygen atoms in total. The first-order valence-electron chi connectivity index (χ1n) is 10.7. The van der Waals surface area contributed by atoms with E-state index in [0.717, 1.165) is 24.9 Å². The van der Waals surface area contributed by atoms with Gasteiger partial charge in [-0.05, 0) is 48.6 Å². The Hall–Kier alpha value is -3.19. The molecule has 1 aliphatic heterocycles. The molecule has 0 bridgehead atoms. The summed E-state index contributed by atoms with van der Waals surface area (Å²) in [5.41, 5.74) is 2.06. The minimum atomic E-state index is -0.810. The van der Waals surface area contributed by atoms with Gasteiger partial charge in [-0.25, -0.2) is 4.79 Å². The minimum Gasteiger partial charge on any atom is -0.481 e. The third-order valence-electron chi connectivity index (χ3n) is 6.36. The van der Waals surface area contributed by atoms with E-state index < -0.39 is 17.6 Å². The Morgan fingerprint density at radius 2 is 1.84 bits per heavy atom. The number of H-pyrrole nitrogens is 1. The van der Waals surface area contributed by atoms with Gasteiger partial charge in [0.2, 0.25) is 0 Å². The van der Waals surface area contributed by atoms with Crippen LogP contribution in [-0.2, 0) is 17.8 Å². The fraction of sp³-hybridized carbons (Fsp3) is 0.375. The van der Waals surface area contributed by atoms with Crippen LogP contribution in [0.5, 0.6) is 0 Å². The number of fused-ring (bicyclic) bond motifs is 1. The van der Waals surface area contributed by atoms with E-state index in [0.29, 0.717) is 24.0 Å². The fourth-order valence-electron chi connectivity index (χ4n) is 4.52. The Kier molecular flexibility index (Phi) is 6.04. The first kappa shape index (κ1) is 21.1. The zero-order valence-electron chi connectivity index (χ0n) is 17.6. The van der Waals surface area contributed by atoms with Crippen LogP contribution in [0.25, 0.3) is 10.9 Å². The van der Waals surface area contributed by atoms with Gasteiger partial charge in [0.25, 0.3) is 5.56 Å². The van der Waals surface area contributed by atoms with Gasteiger partial charge in [-0.2, -0.15) is 0 Å². The van der Waals surface area contributed by atoms with Crippen LogP contribution in [0.1, 0.15) is 30.4 Å². The van der Waals surface area contributed by atoms with E-state index in [4.69, 9.17) is 0 Å². The zero-order valence-corrected chi connectivity index (χ0v) is 17.6. The number of piperidine rings is 1. The molecule has 1 aliphatic rings. The van der Waals surface area contributed by atoms with Crippen molar-refractivity contribution in [3.63, 3.8) is 0 Å². The number of aryl methyl sites for hydroxylation is 1. The average Bonchev–Trinajstić information content (AvgIpc) is 2.79. The Morgan fingerprint density at radius 3 is 2.55 bits per heavy atom. The molecule has 1 saturated heterocycles. The number of nitrogens with one attached hydrogen (secondary N) is 1. The highest BCUT2D eigenvalue weighted by atomic mass is 16.4. The highest BCUT2D eigenvalue weighted by Crippen LogP contribution is 2.33. The van der Waals surface area contributed by atoms with E-state index in [9.17, 15) is 19.5 Å². The molecule has 0 aliphatic carbocycles. The topological polar surface area (TPSA) is 95.4 Å². The molecule has 2 heterocycles. The Morgan fingerprint density at radius 1 is 1.10 bits per heavy atom. The quantitative estimate of drug-likeness (QED) is 0.637. The summed E-state index contributed by atoms with van der Waals surface area (Å²) in [6, 6.07) is 15.2. The minimum absolute atomic E-state index is 0.0357. The van der Waals surface area contributed by atoms with Crippen LogP contribution in [0.3, 0.4) is 0 Å². The van der Waals surface area contributed by atoms with E-state index in [1.807, 2.05) is 17.0 Å². The zero-order chi connectivity index (χ0) is 22.0. The summed E-state index contributed by atoms with van der Waals surface area (Å²) in [5.74, 6) is -1.37. The molecule has 2 N–H and O–H groups in total. The molecule has 162 valence electrons. The van der Waals surface area contributed by atoms with Gasteiger partial charge in [0, 0.05) is 19.6 Å². The molecule has 31 heavy (non-hydrogen) atoms. The van der Waals surface area contributed by atoms with Crippen molar-refractivity contribution >= 4 is 16.9 Å². The molecule has 0 spiro atoms. The number of para-hydroxylation sites is 1. The van der Waals surface area contributed by atoms with Crippen LogP contribution in [0.15, 0.2) is 58.1 Å². The normalized spacial score (nSPS) is 19.5. The number of aromatic amines is 1. The lowest BCUT2D eigenvalue weighted by Crippen LogP contribution is -2.46. The molecule has 7 heteroatoms. The van der Waals surface area contributed by atoms with Gasteiger partial charge in [0.05, 0.1) is 16.8 Å². The standard InChI is InChI=1S/C24H27N3O4/c1-2-16-7-9-17(10-8-16)18-11-12-26(15-20(18)23(29)30)13-14-27-22(28)19-5-3-4-6-21(19)25-24(27)31/h3-10,18,20H,2,11-15H2,1H3,(H,25,31)(H,29,30). The number of nitrogens with zero attached hydrogens (tertiary/aromatic N) is 2. The maximum absolute atomic E-state index is 12.7. The van der Waals surface area contributed by atoms with Crippen molar-refractivity contribution in [2.75, 3.05) is 19.6 Å². The van der Waals surface area contributed by atoms with Gasteiger partial charge < -0.3 is 15.0 Å². The highest BCUT2D eigenvalue weighted by molar-refractivity contribution is 5.76. The van der Waals surface area contributed by atoms with E-state index in [2.05, 4.69) is 24.0 Å². The third kappa shape index (κ3) is 4.32. The van der Waals surface area contributed by atoms with Crippen LogP contribution < -0.4 is 11.2 Å². The largest absolute Gasteiger partial charge is 0.481 e. The number of likely N-dealkylation sites (tertiary alicyclic amines) is 1. The van der Waals surface area contributed by atoms with Crippen molar-refractivity contribution in [3.05, 3.63) is 80.5 Å². The van der Waals surface area contributed by atoms with E-state index in [1.54, 1.807) is 24.3 Å². The molecule has 2 unspecified atom stereocenters. The van der Waals surface area contributed by atoms with Crippen molar-refractivity contribution in [2.45, 2.75) is 32.2 Å². The molecule has 3 aromatic rings. The number of carboxylic acids is 1. The number of hydrogen-bond donors (Lipinski definition) is 2. The predicted molar refractivity (Wildman–Crippen MR) is 120 cm³/mol. The summed E-state index contributed by atoms with van der Waals surface area (Å²) < 4.78 is 1.20. The summed E-state index contributed by atoms with van der Waals surface area (Å²) in [6.45, 7) is 3.90. The number of aromatic nitrogens is 2. The van der Waals surface area contributed by atoms with Gasteiger partial charge in [0.1, 0.15) is 0 Å². The maximum Gasteiger partial charge on any atom is 0.328 e. The number of rotatable bonds is 6. The van der Waals surface area contributed by atoms with Gasteiger partial charge in [-0.15, -0.1) is 0 Å². The lowest BCUT2D eigenvalue weighted by molar-refractivity contribution is -0.144. The Bertz CT molecular complexity index is 1200. The molecule has 2 aromatic carbocycles. The van der Waals surface area contributed by atoms with E-state index >= 15 is 0 Å². The number of aliphatic carboxylic acids is 1. The van der Waals surface area contributed by atoms with Crippen molar-refractivity contribution in [1.29, 1.82) is 0 Å². The second-order valence-electron chi connectivity index (χ2n) is 8.17. The summed E-state index contributed by atoms with van der Waals surface area (Å²) in [7, 11) is 0. The van der Waals surface area contributed by atoms with Gasteiger partial charge >= 0.3 is 11.7 Å². The van der Waals surface area contributed by atoms with Crippen molar-refractivity contribution < 1.29 is 9.90 Å². The number of carbonyl (C=O) groups is 1. The molecule has 0 radical (unpaired) electrons. The van der Waals surface area contributed by atoms with Crippen molar-refractivity contribution in [3.8, 4) is 0 Å². The Balaban J connectivity index is 1.49. The smallest absolute Gasteiger partial charge is 0.328 e. The third-order valence-corrected chi connectivity index (χ3v) is 6.36. The molecule has 0 saturated carbocycles. The molecule has 4 rings (SSSR count). The van der Waals surface area contributed by atoms with Crippen LogP contribution in [0.4, 0.5) is 0 Å². The molecular weight excluding hydrogens is 394 g/mol. The van der Waals surface area contributed by atoms with Gasteiger partial charge in [-0.3, -0.25) is 14.2 Å². The van der Waals surface area contributed by atoms with Crippen LogP contribution in [0, 0.1) is 5.92 Å². The number of hydrogen-bond acceptors (Lipinski definition) is 4.